The van der Waals surface area contributed by atoms with Gasteiger partial charge >= 0.3 is 0 Å². The average Bonchev–Trinajstić information content (AvgIpc) is 2.27. The second kappa shape index (κ2) is 6.66. The van der Waals surface area contributed by atoms with E-state index in [-0.39, 0.29) is 29.5 Å². The molecule has 6 heteroatoms. The van der Waals surface area contributed by atoms with Crippen molar-refractivity contribution in [3.8, 4) is 11.8 Å². The molecule has 0 bridgehead atoms. The van der Waals surface area contributed by atoms with Gasteiger partial charge in [0.2, 0.25) is 10.0 Å². The van der Waals surface area contributed by atoms with Gasteiger partial charge in [-0.2, -0.15) is 0 Å². The van der Waals surface area contributed by atoms with Gasteiger partial charge in [-0.15, -0.1) is 0 Å². The summed E-state index contributed by atoms with van der Waals surface area (Å²) in [5.41, 5.74) is 0.0848. The summed E-state index contributed by atoms with van der Waals surface area (Å²) in [6.45, 7) is 3.25. The zero-order valence-electron chi connectivity index (χ0n) is 10.8. The van der Waals surface area contributed by atoms with Crippen LogP contribution < -0.4 is 4.72 Å². The van der Waals surface area contributed by atoms with E-state index in [9.17, 15) is 12.8 Å². The summed E-state index contributed by atoms with van der Waals surface area (Å²) in [6.07, 6.45) is 0.202. The van der Waals surface area contributed by atoms with E-state index in [1.165, 1.54) is 6.07 Å². The molecule has 104 valence electrons. The summed E-state index contributed by atoms with van der Waals surface area (Å²) in [5, 5.41) is 8.64. The first-order chi connectivity index (χ1) is 8.86. The van der Waals surface area contributed by atoms with Gasteiger partial charge in [0.25, 0.3) is 0 Å². The minimum atomic E-state index is -3.73. The SMILES string of the molecule is CC(C)NS(=O)(=O)c1ccc(F)cc1C#CCCO. The maximum atomic E-state index is 13.2. The Bertz CT molecular complexity index is 600. The molecular formula is C13H16FNO3S. The second-order valence-corrected chi connectivity index (χ2v) is 5.87. The Balaban J connectivity index is 3.25. The van der Waals surface area contributed by atoms with Gasteiger partial charge < -0.3 is 5.11 Å². The van der Waals surface area contributed by atoms with Crippen molar-refractivity contribution in [2.45, 2.75) is 31.2 Å². The van der Waals surface area contributed by atoms with Crippen LogP contribution in [0.3, 0.4) is 0 Å². The van der Waals surface area contributed by atoms with Crippen LogP contribution in [0.5, 0.6) is 0 Å². The molecule has 1 aromatic carbocycles. The van der Waals surface area contributed by atoms with E-state index in [4.69, 9.17) is 5.11 Å². The summed E-state index contributed by atoms with van der Waals surface area (Å²) in [6, 6.07) is 3.06. The van der Waals surface area contributed by atoms with Crippen LogP contribution in [0.25, 0.3) is 0 Å². The standard InChI is InChI=1S/C13H16FNO3S/c1-10(2)15-19(17,18)13-7-6-12(14)9-11(13)5-3-4-8-16/h6-7,9-10,15-16H,4,8H2,1-2H3. The molecule has 0 spiro atoms. The first-order valence-corrected chi connectivity index (χ1v) is 7.26. The van der Waals surface area contributed by atoms with Crippen LogP contribution >= 0.6 is 0 Å². The van der Waals surface area contributed by atoms with E-state index in [0.29, 0.717) is 0 Å². The number of hydrogen-bond acceptors (Lipinski definition) is 3. The fourth-order valence-electron chi connectivity index (χ4n) is 1.42. The summed E-state index contributed by atoms with van der Waals surface area (Å²) in [4.78, 5) is -0.0620. The molecule has 0 aromatic heterocycles. The van der Waals surface area contributed by atoms with E-state index in [1.807, 2.05) is 0 Å². The number of halogens is 1. The van der Waals surface area contributed by atoms with E-state index in [2.05, 4.69) is 16.6 Å². The van der Waals surface area contributed by atoms with E-state index >= 15 is 0 Å². The maximum Gasteiger partial charge on any atom is 0.242 e. The van der Waals surface area contributed by atoms with Gasteiger partial charge in [0.1, 0.15) is 5.82 Å². The third-order valence-electron chi connectivity index (χ3n) is 2.08. The quantitative estimate of drug-likeness (QED) is 0.818. The van der Waals surface area contributed by atoms with Gasteiger partial charge in [0.15, 0.2) is 0 Å². The number of rotatable bonds is 4. The largest absolute Gasteiger partial charge is 0.395 e. The molecule has 1 aromatic rings. The summed E-state index contributed by atoms with van der Waals surface area (Å²) < 4.78 is 39.7. The van der Waals surface area contributed by atoms with Crippen molar-refractivity contribution < 1.29 is 17.9 Å². The van der Waals surface area contributed by atoms with E-state index in [0.717, 1.165) is 12.1 Å². The predicted molar refractivity (Wildman–Crippen MR) is 70.4 cm³/mol. The fourth-order valence-corrected chi connectivity index (χ4v) is 2.82. The highest BCUT2D eigenvalue weighted by Gasteiger charge is 2.19. The van der Waals surface area contributed by atoms with Crippen LogP contribution in [-0.4, -0.2) is 26.2 Å². The smallest absolute Gasteiger partial charge is 0.242 e. The van der Waals surface area contributed by atoms with Crippen LogP contribution in [0.15, 0.2) is 23.1 Å². The van der Waals surface area contributed by atoms with Gasteiger partial charge in [-0.25, -0.2) is 17.5 Å². The lowest BCUT2D eigenvalue weighted by atomic mass is 10.2. The van der Waals surface area contributed by atoms with E-state index < -0.39 is 15.8 Å². The molecule has 19 heavy (non-hydrogen) atoms. The number of aliphatic hydroxyl groups is 1. The Morgan fingerprint density at radius 1 is 1.42 bits per heavy atom. The van der Waals surface area contributed by atoms with Gasteiger partial charge in [0, 0.05) is 18.0 Å². The third kappa shape index (κ3) is 4.63. The van der Waals surface area contributed by atoms with Crippen LogP contribution in [-0.2, 0) is 10.0 Å². The Kier molecular flexibility index (Phi) is 5.48. The van der Waals surface area contributed by atoms with Crippen molar-refractivity contribution in [1.29, 1.82) is 0 Å². The Morgan fingerprint density at radius 3 is 2.68 bits per heavy atom. The summed E-state index contributed by atoms with van der Waals surface area (Å²) in [7, 11) is -3.73. The zero-order valence-corrected chi connectivity index (χ0v) is 11.6. The molecule has 0 atom stereocenters. The van der Waals surface area contributed by atoms with Gasteiger partial charge in [0.05, 0.1) is 11.5 Å². The molecular weight excluding hydrogens is 269 g/mol. The normalized spacial score (nSPS) is 11.2. The van der Waals surface area contributed by atoms with Crippen LogP contribution in [0.1, 0.15) is 25.8 Å². The molecule has 0 saturated heterocycles. The van der Waals surface area contributed by atoms with Gasteiger partial charge in [-0.1, -0.05) is 11.8 Å². The molecule has 0 amide bonds. The molecule has 2 N–H and O–H groups in total. The van der Waals surface area contributed by atoms with Crippen molar-refractivity contribution in [1.82, 2.24) is 4.72 Å². The van der Waals surface area contributed by atoms with Crippen molar-refractivity contribution >= 4 is 10.0 Å². The minimum absolute atomic E-state index is 0.0620. The van der Waals surface area contributed by atoms with Crippen molar-refractivity contribution in [2.75, 3.05) is 6.61 Å². The van der Waals surface area contributed by atoms with E-state index in [1.54, 1.807) is 13.8 Å². The number of hydrogen-bond donors (Lipinski definition) is 2. The molecule has 0 unspecified atom stereocenters. The molecule has 0 saturated carbocycles. The molecule has 0 heterocycles. The molecule has 0 radical (unpaired) electrons. The molecule has 4 nitrogen and oxygen atoms in total. The average molecular weight is 285 g/mol. The fraction of sp³-hybridized carbons (Fsp3) is 0.385. The van der Waals surface area contributed by atoms with Gasteiger partial charge in [-0.05, 0) is 32.0 Å². The molecule has 0 aliphatic rings. The highest BCUT2D eigenvalue weighted by Crippen LogP contribution is 2.16. The maximum absolute atomic E-state index is 13.2. The summed E-state index contributed by atoms with van der Waals surface area (Å²) in [5.74, 6) is 4.59. The Hall–Kier alpha value is -1.42. The molecule has 1 rings (SSSR count). The topological polar surface area (TPSA) is 66.4 Å². The minimum Gasteiger partial charge on any atom is -0.395 e. The Labute approximate surface area is 112 Å². The predicted octanol–water partition coefficient (Wildman–Crippen LogP) is 1.25. The molecule has 0 aliphatic heterocycles. The van der Waals surface area contributed by atoms with Crippen molar-refractivity contribution in [2.24, 2.45) is 0 Å². The number of benzene rings is 1. The molecule has 0 fully saturated rings. The lowest BCUT2D eigenvalue weighted by Gasteiger charge is -2.11. The lowest BCUT2D eigenvalue weighted by molar-refractivity contribution is 0.305. The third-order valence-corrected chi connectivity index (χ3v) is 3.80. The number of nitrogens with one attached hydrogen (secondary N) is 1. The first kappa shape index (κ1) is 15.6. The first-order valence-electron chi connectivity index (χ1n) is 5.78. The monoisotopic (exact) mass is 285 g/mol. The second-order valence-electron chi connectivity index (χ2n) is 4.19. The van der Waals surface area contributed by atoms with Crippen LogP contribution in [0.4, 0.5) is 4.39 Å². The molecule has 0 aliphatic carbocycles. The van der Waals surface area contributed by atoms with Crippen LogP contribution in [0, 0.1) is 17.7 Å². The lowest BCUT2D eigenvalue weighted by Crippen LogP contribution is -2.30. The highest BCUT2D eigenvalue weighted by molar-refractivity contribution is 7.89. The van der Waals surface area contributed by atoms with Crippen LogP contribution in [0.2, 0.25) is 0 Å². The highest BCUT2D eigenvalue weighted by atomic mass is 32.2. The van der Waals surface area contributed by atoms with Crippen molar-refractivity contribution in [3.63, 3.8) is 0 Å². The Morgan fingerprint density at radius 2 is 2.11 bits per heavy atom. The summed E-state index contributed by atoms with van der Waals surface area (Å²) >= 11 is 0. The van der Waals surface area contributed by atoms with Crippen molar-refractivity contribution in [3.05, 3.63) is 29.6 Å². The van der Waals surface area contributed by atoms with Gasteiger partial charge in [-0.3, -0.25) is 0 Å². The number of aliphatic hydroxyl groups excluding tert-OH is 1. The zero-order chi connectivity index (χ0) is 14.5. The number of sulfonamides is 1.